The Morgan fingerprint density at radius 1 is 1.12 bits per heavy atom. The van der Waals surface area contributed by atoms with Crippen LogP contribution in [0.4, 0.5) is 0 Å². The molecule has 1 saturated heterocycles. The third-order valence-electron chi connectivity index (χ3n) is 4.07. The van der Waals surface area contributed by atoms with Crippen molar-refractivity contribution in [3.8, 4) is 0 Å². The average molecular weight is 224 g/mol. The molecule has 0 aromatic carbocycles. The summed E-state index contributed by atoms with van der Waals surface area (Å²) in [6.07, 6.45) is 4.34. The van der Waals surface area contributed by atoms with Crippen molar-refractivity contribution in [2.75, 3.05) is 39.3 Å². The van der Waals surface area contributed by atoms with Crippen molar-refractivity contribution in [2.24, 2.45) is 5.92 Å². The molecule has 3 nitrogen and oxygen atoms in total. The Hall–Kier alpha value is -0.410. The maximum absolute atomic E-state index is 11.8. The normalized spacial score (nSPS) is 29.6. The Morgan fingerprint density at radius 2 is 1.81 bits per heavy atom. The lowest BCUT2D eigenvalue weighted by atomic mass is 9.87. The van der Waals surface area contributed by atoms with E-state index in [0.29, 0.717) is 11.7 Å². The Kier molecular flexibility index (Phi) is 4.36. The molecule has 2 aliphatic rings. The van der Waals surface area contributed by atoms with Crippen LogP contribution in [-0.2, 0) is 4.79 Å². The lowest BCUT2D eigenvalue weighted by Crippen LogP contribution is -2.48. The summed E-state index contributed by atoms with van der Waals surface area (Å²) in [7, 11) is 0. The van der Waals surface area contributed by atoms with E-state index in [1.54, 1.807) is 0 Å². The van der Waals surface area contributed by atoms with Crippen LogP contribution in [0.2, 0.25) is 0 Å². The number of ketones is 1. The molecule has 0 aromatic heterocycles. The summed E-state index contributed by atoms with van der Waals surface area (Å²) in [4.78, 5) is 16.7. The van der Waals surface area contributed by atoms with E-state index in [1.165, 1.54) is 19.5 Å². The van der Waals surface area contributed by atoms with Gasteiger partial charge < -0.3 is 9.80 Å². The van der Waals surface area contributed by atoms with Crippen molar-refractivity contribution < 1.29 is 4.79 Å². The number of carbonyl (C=O) groups excluding carboxylic acids is 1. The smallest absolute Gasteiger partial charge is 0.137 e. The molecule has 2 rings (SSSR count). The van der Waals surface area contributed by atoms with Crippen molar-refractivity contribution in [3.05, 3.63) is 0 Å². The highest BCUT2D eigenvalue weighted by atomic mass is 16.1. The number of Topliss-reactive ketones (excluding diaryl/α,β-unsaturated/α-hetero) is 1. The molecule has 2 fully saturated rings. The lowest BCUT2D eigenvalue weighted by Gasteiger charge is -2.36. The van der Waals surface area contributed by atoms with Crippen LogP contribution in [0.25, 0.3) is 0 Å². The number of nitrogens with zero attached hydrogens (tertiary/aromatic N) is 2. The largest absolute Gasteiger partial charge is 0.301 e. The van der Waals surface area contributed by atoms with E-state index in [-0.39, 0.29) is 0 Å². The van der Waals surface area contributed by atoms with Crippen LogP contribution >= 0.6 is 0 Å². The number of piperazine rings is 1. The molecule has 16 heavy (non-hydrogen) atoms. The highest BCUT2D eigenvalue weighted by Crippen LogP contribution is 2.21. The first kappa shape index (κ1) is 12.1. The third kappa shape index (κ3) is 3.05. The zero-order valence-electron chi connectivity index (χ0n) is 10.5. The fourth-order valence-corrected chi connectivity index (χ4v) is 2.85. The van der Waals surface area contributed by atoms with Crippen molar-refractivity contribution in [3.63, 3.8) is 0 Å². The highest BCUT2D eigenvalue weighted by molar-refractivity contribution is 5.81. The first-order valence-electron chi connectivity index (χ1n) is 6.77. The van der Waals surface area contributed by atoms with Crippen molar-refractivity contribution in [1.82, 2.24) is 9.80 Å². The van der Waals surface area contributed by atoms with Gasteiger partial charge in [0.05, 0.1) is 0 Å². The molecule has 0 N–H and O–H groups in total. The zero-order valence-corrected chi connectivity index (χ0v) is 10.5. The number of carbonyl (C=O) groups is 1. The summed E-state index contributed by atoms with van der Waals surface area (Å²) in [6, 6.07) is 0. The molecule has 0 bridgehead atoms. The van der Waals surface area contributed by atoms with Crippen LogP contribution in [0.3, 0.4) is 0 Å². The molecule has 1 aliphatic heterocycles. The minimum absolute atomic E-state index is 0.349. The van der Waals surface area contributed by atoms with Gasteiger partial charge in [-0.05, 0) is 19.4 Å². The van der Waals surface area contributed by atoms with E-state index in [4.69, 9.17) is 0 Å². The van der Waals surface area contributed by atoms with Gasteiger partial charge in [0.25, 0.3) is 0 Å². The van der Waals surface area contributed by atoms with Crippen LogP contribution in [0.1, 0.15) is 32.6 Å². The highest BCUT2D eigenvalue weighted by Gasteiger charge is 2.25. The maximum atomic E-state index is 11.8. The van der Waals surface area contributed by atoms with Gasteiger partial charge in [-0.25, -0.2) is 0 Å². The summed E-state index contributed by atoms with van der Waals surface area (Å²) in [5, 5.41) is 0. The molecular weight excluding hydrogens is 200 g/mol. The van der Waals surface area contributed by atoms with Crippen LogP contribution < -0.4 is 0 Å². The molecule has 3 heteroatoms. The predicted octanol–water partition coefficient (Wildman–Crippen LogP) is 1.38. The summed E-state index contributed by atoms with van der Waals surface area (Å²) in [6.45, 7) is 9.07. The summed E-state index contributed by atoms with van der Waals surface area (Å²) < 4.78 is 0. The van der Waals surface area contributed by atoms with Crippen LogP contribution in [0.5, 0.6) is 0 Å². The molecule has 1 unspecified atom stereocenters. The average Bonchev–Trinajstić information content (AvgIpc) is 2.33. The van der Waals surface area contributed by atoms with E-state index in [0.717, 1.165) is 45.4 Å². The molecule has 1 heterocycles. The fraction of sp³-hybridized carbons (Fsp3) is 0.923. The molecule has 1 atom stereocenters. The van der Waals surface area contributed by atoms with Gasteiger partial charge in [0.15, 0.2) is 0 Å². The Bertz CT molecular complexity index is 234. The molecular formula is C13H24N2O. The third-order valence-corrected chi connectivity index (χ3v) is 4.07. The minimum atomic E-state index is 0.349. The van der Waals surface area contributed by atoms with Crippen LogP contribution in [0.15, 0.2) is 0 Å². The van der Waals surface area contributed by atoms with Crippen LogP contribution in [0, 0.1) is 5.92 Å². The summed E-state index contributed by atoms with van der Waals surface area (Å²) in [5.41, 5.74) is 0. The van der Waals surface area contributed by atoms with Gasteiger partial charge in [0, 0.05) is 45.1 Å². The van der Waals surface area contributed by atoms with Crippen molar-refractivity contribution >= 4 is 5.78 Å². The second kappa shape index (κ2) is 5.78. The predicted molar refractivity (Wildman–Crippen MR) is 65.5 cm³/mol. The second-order valence-corrected chi connectivity index (χ2v) is 5.14. The van der Waals surface area contributed by atoms with Gasteiger partial charge in [-0.2, -0.15) is 0 Å². The second-order valence-electron chi connectivity index (χ2n) is 5.14. The number of hydrogen-bond donors (Lipinski definition) is 0. The van der Waals surface area contributed by atoms with Crippen molar-refractivity contribution in [2.45, 2.75) is 32.6 Å². The first-order valence-corrected chi connectivity index (χ1v) is 6.77. The molecule has 0 amide bonds. The monoisotopic (exact) mass is 224 g/mol. The van der Waals surface area contributed by atoms with Gasteiger partial charge in [0.2, 0.25) is 0 Å². The first-order chi connectivity index (χ1) is 7.79. The number of rotatable bonds is 3. The van der Waals surface area contributed by atoms with Gasteiger partial charge in [-0.3, -0.25) is 4.79 Å². The van der Waals surface area contributed by atoms with E-state index in [9.17, 15) is 4.79 Å². The van der Waals surface area contributed by atoms with E-state index in [1.807, 2.05) is 0 Å². The summed E-state index contributed by atoms with van der Waals surface area (Å²) >= 11 is 0. The molecule has 1 saturated carbocycles. The van der Waals surface area contributed by atoms with E-state index < -0.39 is 0 Å². The molecule has 0 spiro atoms. The molecule has 0 aromatic rings. The van der Waals surface area contributed by atoms with Gasteiger partial charge in [-0.1, -0.05) is 13.3 Å². The fourth-order valence-electron chi connectivity index (χ4n) is 2.85. The number of likely N-dealkylation sites (N-methyl/N-ethyl adjacent to an activating group) is 1. The van der Waals surface area contributed by atoms with Gasteiger partial charge >= 0.3 is 0 Å². The standard InChI is InChI=1S/C13H24N2O/c1-2-14-7-9-15(10-8-14)11-12-5-3-4-6-13(12)16/h12H,2-11H2,1H3. The molecule has 1 aliphatic carbocycles. The Morgan fingerprint density at radius 3 is 2.44 bits per heavy atom. The van der Waals surface area contributed by atoms with Gasteiger partial charge in [-0.15, -0.1) is 0 Å². The number of hydrogen-bond acceptors (Lipinski definition) is 3. The van der Waals surface area contributed by atoms with Crippen molar-refractivity contribution in [1.29, 1.82) is 0 Å². The van der Waals surface area contributed by atoms with Crippen LogP contribution in [-0.4, -0.2) is 54.9 Å². The SMILES string of the molecule is CCN1CCN(CC2CCCCC2=O)CC1. The maximum Gasteiger partial charge on any atom is 0.137 e. The molecule has 0 radical (unpaired) electrons. The zero-order chi connectivity index (χ0) is 11.4. The Balaban J connectivity index is 1.75. The summed E-state index contributed by atoms with van der Waals surface area (Å²) in [5.74, 6) is 0.867. The minimum Gasteiger partial charge on any atom is -0.301 e. The molecule has 92 valence electrons. The quantitative estimate of drug-likeness (QED) is 0.723. The topological polar surface area (TPSA) is 23.6 Å². The Labute approximate surface area is 98.8 Å². The lowest BCUT2D eigenvalue weighted by molar-refractivity contribution is -0.125. The van der Waals surface area contributed by atoms with E-state index >= 15 is 0 Å². The van der Waals surface area contributed by atoms with E-state index in [2.05, 4.69) is 16.7 Å². The van der Waals surface area contributed by atoms with Gasteiger partial charge in [0.1, 0.15) is 5.78 Å².